The van der Waals surface area contributed by atoms with Crippen LogP contribution in [0.25, 0.3) is 11.1 Å². The second-order valence-electron chi connectivity index (χ2n) is 6.66. The third-order valence-electron chi connectivity index (χ3n) is 4.68. The summed E-state index contributed by atoms with van der Waals surface area (Å²) in [5, 5.41) is 9.67. The summed E-state index contributed by atoms with van der Waals surface area (Å²) in [5.41, 5.74) is 0.0884. The molecule has 1 aliphatic heterocycles. The Morgan fingerprint density at radius 2 is 1.87 bits per heavy atom. The molecule has 6 nitrogen and oxygen atoms in total. The van der Waals surface area contributed by atoms with Crippen molar-refractivity contribution in [1.29, 1.82) is 0 Å². The van der Waals surface area contributed by atoms with E-state index in [-0.39, 0.29) is 12.1 Å². The fourth-order valence-corrected chi connectivity index (χ4v) is 3.40. The zero-order valence-corrected chi connectivity index (χ0v) is 16.0. The number of anilines is 2. The molecule has 0 saturated carbocycles. The van der Waals surface area contributed by atoms with Crippen LogP contribution in [0.4, 0.5) is 24.7 Å². The average Bonchev–Trinajstić information content (AvgIpc) is 3.22. The Labute approximate surface area is 173 Å². The molecule has 1 aromatic heterocycles. The number of nitrogens with one attached hydrogen (secondary N) is 2. The Hall–Kier alpha value is -3.33. The van der Waals surface area contributed by atoms with Gasteiger partial charge in [0, 0.05) is 10.6 Å². The molecule has 30 heavy (non-hydrogen) atoms. The van der Waals surface area contributed by atoms with Crippen LogP contribution in [0, 0.1) is 0 Å². The second kappa shape index (κ2) is 7.49. The highest BCUT2D eigenvalue weighted by molar-refractivity contribution is 6.30. The Bertz CT molecular complexity index is 1130. The van der Waals surface area contributed by atoms with Crippen LogP contribution < -0.4 is 10.6 Å². The van der Waals surface area contributed by atoms with Gasteiger partial charge >= 0.3 is 6.18 Å². The molecule has 2 aromatic carbocycles. The summed E-state index contributed by atoms with van der Waals surface area (Å²) in [6.07, 6.45) is -3.44. The number of hydrogen-bond acceptors (Lipinski definition) is 3. The molecule has 1 unspecified atom stereocenters. The third kappa shape index (κ3) is 3.76. The van der Waals surface area contributed by atoms with Gasteiger partial charge in [0.05, 0.1) is 23.9 Å². The minimum absolute atomic E-state index is 0.365. The van der Waals surface area contributed by atoms with Crippen molar-refractivity contribution in [3.05, 3.63) is 65.3 Å². The summed E-state index contributed by atoms with van der Waals surface area (Å²) in [7, 11) is 0. The number of benzene rings is 2. The van der Waals surface area contributed by atoms with Crippen LogP contribution >= 0.6 is 11.6 Å². The fourth-order valence-electron chi connectivity index (χ4n) is 3.27. The van der Waals surface area contributed by atoms with Crippen LogP contribution in [0.2, 0.25) is 5.02 Å². The van der Waals surface area contributed by atoms with Crippen molar-refractivity contribution in [3.63, 3.8) is 0 Å². The van der Waals surface area contributed by atoms with Gasteiger partial charge in [-0.15, -0.1) is 0 Å². The van der Waals surface area contributed by atoms with Gasteiger partial charge in [-0.05, 0) is 29.8 Å². The van der Waals surface area contributed by atoms with Crippen molar-refractivity contribution in [2.24, 2.45) is 0 Å². The second-order valence-corrected chi connectivity index (χ2v) is 7.10. The van der Waals surface area contributed by atoms with E-state index in [1.807, 2.05) is 0 Å². The van der Waals surface area contributed by atoms with Gasteiger partial charge in [-0.1, -0.05) is 35.9 Å². The fraction of sp³-hybridized carbons (Fsp3) is 0.150. The number of amides is 2. The first-order valence-electron chi connectivity index (χ1n) is 8.84. The molecule has 0 saturated heterocycles. The number of nitrogens with zero attached hydrogens (tertiary/aromatic N) is 2. The number of para-hydroxylation sites is 1. The first-order chi connectivity index (χ1) is 14.2. The summed E-state index contributed by atoms with van der Waals surface area (Å²) >= 11 is 5.89. The topological polar surface area (TPSA) is 76.0 Å². The number of aromatic nitrogens is 2. The van der Waals surface area contributed by atoms with Crippen LogP contribution in [0.15, 0.2) is 54.7 Å². The number of halogens is 4. The van der Waals surface area contributed by atoms with Crippen molar-refractivity contribution in [3.8, 4) is 11.1 Å². The molecule has 2 amide bonds. The van der Waals surface area contributed by atoms with Crippen LogP contribution in [0.1, 0.15) is 18.0 Å². The zero-order chi connectivity index (χ0) is 21.5. The van der Waals surface area contributed by atoms with Crippen molar-refractivity contribution >= 4 is 34.9 Å². The lowest BCUT2D eigenvalue weighted by Crippen LogP contribution is -2.24. The van der Waals surface area contributed by atoms with Gasteiger partial charge in [-0.3, -0.25) is 9.59 Å². The standard InChI is InChI=1S/C20H14ClF3N4O2/c21-12-7-5-11(6-8-12)13-10-25-28-16(19(30)27-18(13)28)9-17(29)26-15-4-2-1-3-14(15)20(22,23)24/h1-8,10,16H,9H2,(H,26,29)(H,27,30). The van der Waals surface area contributed by atoms with E-state index in [0.717, 1.165) is 17.7 Å². The highest BCUT2D eigenvalue weighted by atomic mass is 35.5. The Kier molecular flexibility index (Phi) is 4.98. The Balaban J connectivity index is 1.54. The number of rotatable bonds is 4. The van der Waals surface area contributed by atoms with E-state index in [4.69, 9.17) is 11.6 Å². The number of alkyl halides is 3. The maximum absolute atomic E-state index is 13.1. The van der Waals surface area contributed by atoms with E-state index in [1.54, 1.807) is 30.5 Å². The summed E-state index contributed by atoms with van der Waals surface area (Å²) in [4.78, 5) is 24.8. The smallest absolute Gasteiger partial charge is 0.325 e. The molecule has 2 heterocycles. The van der Waals surface area contributed by atoms with Crippen molar-refractivity contribution in [2.75, 3.05) is 10.6 Å². The van der Waals surface area contributed by atoms with Gasteiger partial charge < -0.3 is 10.6 Å². The van der Waals surface area contributed by atoms with Gasteiger partial charge in [-0.2, -0.15) is 18.3 Å². The van der Waals surface area contributed by atoms with Gasteiger partial charge in [0.25, 0.3) is 5.91 Å². The molecule has 154 valence electrons. The molecule has 0 radical (unpaired) electrons. The lowest BCUT2D eigenvalue weighted by Gasteiger charge is -2.14. The molecule has 0 spiro atoms. The van der Waals surface area contributed by atoms with E-state index >= 15 is 0 Å². The lowest BCUT2D eigenvalue weighted by molar-refractivity contribution is -0.137. The van der Waals surface area contributed by atoms with Crippen LogP contribution in [0.3, 0.4) is 0 Å². The van der Waals surface area contributed by atoms with Crippen molar-refractivity contribution in [1.82, 2.24) is 9.78 Å². The monoisotopic (exact) mass is 434 g/mol. The van der Waals surface area contributed by atoms with E-state index in [2.05, 4.69) is 15.7 Å². The minimum atomic E-state index is -4.61. The number of carbonyl (C=O) groups excluding carboxylic acids is 2. The molecule has 3 aromatic rings. The highest BCUT2D eigenvalue weighted by Gasteiger charge is 2.36. The van der Waals surface area contributed by atoms with Crippen LogP contribution in [-0.4, -0.2) is 21.6 Å². The normalized spacial score (nSPS) is 15.6. The van der Waals surface area contributed by atoms with E-state index < -0.39 is 29.6 Å². The Morgan fingerprint density at radius 1 is 1.17 bits per heavy atom. The average molecular weight is 435 g/mol. The van der Waals surface area contributed by atoms with Crippen LogP contribution in [0.5, 0.6) is 0 Å². The maximum atomic E-state index is 13.1. The third-order valence-corrected chi connectivity index (χ3v) is 4.93. The molecular formula is C20H14ClF3N4O2. The summed E-state index contributed by atoms with van der Waals surface area (Å²) < 4.78 is 40.7. The molecule has 2 N–H and O–H groups in total. The first kappa shape index (κ1) is 20.0. The predicted molar refractivity (Wildman–Crippen MR) is 105 cm³/mol. The minimum Gasteiger partial charge on any atom is -0.325 e. The molecule has 0 fully saturated rings. The first-order valence-corrected chi connectivity index (χ1v) is 9.22. The van der Waals surface area contributed by atoms with E-state index in [9.17, 15) is 22.8 Å². The molecule has 10 heteroatoms. The summed E-state index contributed by atoms with van der Waals surface area (Å²) in [6, 6.07) is 10.6. The van der Waals surface area contributed by atoms with E-state index in [0.29, 0.717) is 16.4 Å². The number of hydrogen-bond donors (Lipinski definition) is 2. The van der Waals surface area contributed by atoms with Gasteiger partial charge in [0.15, 0.2) is 0 Å². The quantitative estimate of drug-likeness (QED) is 0.622. The molecule has 1 aliphatic rings. The van der Waals surface area contributed by atoms with E-state index in [1.165, 1.54) is 16.8 Å². The maximum Gasteiger partial charge on any atom is 0.418 e. The molecule has 0 aliphatic carbocycles. The van der Waals surface area contributed by atoms with Gasteiger partial charge in [0.1, 0.15) is 11.9 Å². The molecule has 4 rings (SSSR count). The number of carbonyl (C=O) groups is 2. The zero-order valence-electron chi connectivity index (χ0n) is 15.2. The van der Waals surface area contributed by atoms with Crippen LogP contribution in [-0.2, 0) is 15.8 Å². The van der Waals surface area contributed by atoms with Gasteiger partial charge in [-0.25, -0.2) is 4.68 Å². The largest absolute Gasteiger partial charge is 0.418 e. The SMILES string of the molecule is O=C(CC1C(=O)Nc2c(-c3ccc(Cl)cc3)cnn21)Nc1ccccc1C(F)(F)F. The molecular weight excluding hydrogens is 421 g/mol. The highest BCUT2D eigenvalue weighted by Crippen LogP contribution is 2.37. The Morgan fingerprint density at radius 3 is 2.57 bits per heavy atom. The van der Waals surface area contributed by atoms with Crippen molar-refractivity contribution < 1.29 is 22.8 Å². The van der Waals surface area contributed by atoms with Gasteiger partial charge in [0.2, 0.25) is 5.91 Å². The molecule has 1 atom stereocenters. The summed E-state index contributed by atoms with van der Waals surface area (Å²) in [6.45, 7) is 0. The predicted octanol–water partition coefficient (Wildman–Crippen LogP) is 4.74. The van der Waals surface area contributed by atoms with Crippen molar-refractivity contribution in [2.45, 2.75) is 18.6 Å². The number of fused-ring (bicyclic) bond motifs is 1. The summed E-state index contributed by atoms with van der Waals surface area (Å²) in [5.74, 6) is -0.786. The molecule has 0 bridgehead atoms. The lowest BCUT2D eigenvalue weighted by atomic mass is 10.1.